The van der Waals surface area contributed by atoms with Crippen molar-refractivity contribution in [1.82, 2.24) is 9.78 Å². The van der Waals surface area contributed by atoms with Gasteiger partial charge < -0.3 is 0 Å². The summed E-state index contributed by atoms with van der Waals surface area (Å²) in [4.78, 5) is 11.1. The van der Waals surface area contributed by atoms with E-state index in [9.17, 15) is 4.79 Å². The average Bonchev–Trinajstić information content (AvgIpc) is 2.32. The summed E-state index contributed by atoms with van der Waals surface area (Å²) < 4.78 is 1.62. The van der Waals surface area contributed by atoms with E-state index in [2.05, 4.69) is 12.0 Å². The van der Waals surface area contributed by atoms with Crippen molar-refractivity contribution in [1.29, 1.82) is 0 Å². The van der Waals surface area contributed by atoms with Gasteiger partial charge in [-0.05, 0) is 13.3 Å². The van der Waals surface area contributed by atoms with Gasteiger partial charge in [-0.2, -0.15) is 0 Å². The number of aromatic amines is 1. The molecule has 0 spiro atoms. The first-order chi connectivity index (χ1) is 5.27. The third-order valence-electron chi connectivity index (χ3n) is 1.68. The van der Waals surface area contributed by atoms with E-state index in [4.69, 9.17) is 0 Å². The van der Waals surface area contributed by atoms with E-state index in [0.29, 0.717) is 0 Å². The molecule has 0 radical (unpaired) electrons. The first kappa shape index (κ1) is 8.11. The van der Waals surface area contributed by atoms with Gasteiger partial charge in [0.25, 0.3) is 5.56 Å². The molecular formula is C8H14N2O. The van der Waals surface area contributed by atoms with Crippen molar-refractivity contribution in [3.05, 3.63) is 22.1 Å². The van der Waals surface area contributed by atoms with Gasteiger partial charge in [0, 0.05) is 18.3 Å². The van der Waals surface area contributed by atoms with Crippen molar-refractivity contribution in [2.45, 2.75) is 33.2 Å². The quantitative estimate of drug-likeness (QED) is 0.696. The SMILES string of the molecule is CCCc1cc(=O)n(CC)[nH]1. The van der Waals surface area contributed by atoms with Gasteiger partial charge in [-0.25, -0.2) is 0 Å². The lowest BCUT2D eigenvalue weighted by Gasteiger charge is -1.94. The van der Waals surface area contributed by atoms with E-state index in [1.165, 1.54) is 0 Å². The molecule has 0 aliphatic heterocycles. The highest BCUT2D eigenvalue weighted by Crippen LogP contribution is 1.94. The van der Waals surface area contributed by atoms with Crippen molar-refractivity contribution in [2.24, 2.45) is 0 Å². The molecule has 0 saturated heterocycles. The van der Waals surface area contributed by atoms with Crippen LogP contribution in [-0.4, -0.2) is 9.78 Å². The molecule has 0 amide bonds. The predicted octanol–water partition coefficient (Wildman–Crippen LogP) is 1.15. The van der Waals surface area contributed by atoms with Gasteiger partial charge in [0.2, 0.25) is 0 Å². The number of aromatic nitrogens is 2. The highest BCUT2D eigenvalue weighted by molar-refractivity contribution is 4.99. The Kier molecular flexibility index (Phi) is 2.52. The smallest absolute Gasteiger partial charge is 0.266 e. The fourth-order valence-electron chi connectivity index (χ4n) is 1.12. The second-order valence-electron chi connectivity index (χ2n) is 2.61. The van der Waals surface area contributed by atoms with E-state index in [1.807, 2.05) is 6.92 Å². The third kappa shape index (κ3) is 1.73. The molecular weight excluding hydrogens is 140 g/mol. The molecule has 1 rings (SSSR count). The lowest BCUT2D eigenvalue weighted by molar-refractivity contribution is 0.625. The average molecular weight is 154 g/mol. The standard InChI is InChI=1S/C8H14N2O/c1-3-5-7-6-8(11)10(4-2)9-7/h6,9H,3-5H2,1-2H3. The number of nitrogens with one attached hydrogen (secondary N) is 1. The van der Waals surface area contributed by atoms with Crippen LogP contribution in [0.5, 0.6) is 0 Å². The minimum absolute atomic E-state index is 0.0796. The maximum absolute atomic E-state index is 11.1. The van der Waals surface area contributed by atoms with E-state index < -0.39 is 0 Å². The molecule has 0 atom stereocenters. The number of rotatable bonds is 3. The maximum atomic E-state index is 11.1. The fourth-order valence-corrected chi connectivity index (χ4v) is 1.12. The Hall–Kier alpha value is -0.990. The van der Waals surface area contributed by atoms with Crippen molar-refractivity contribution >= 4 is 0 Å². The molecule has 0 aromatic carbocycles. The number of H-pyrrole nitrogens is 1. The molecule has 3 heteroatoms. The number of aryl methyl sites for hydroxylation is 2. The zero-order chi connectivity index (χ0) is 8.27. The van der Waals surface area contributed by atoms with Crippen molar-refractivity contribution in [2.75, 3.05) is 0 Å². The Bertz CT molecular complexity index is 272. The molecule has 0 aliphatic carbocycles. The zero-order valence-corrected chi connectivity index (χ0v) is 7.05. The molecule has 11 heavy (non-hydrogen) atoms. The highest BCUT2D eigenvalue weighted by atomic mass is 16.1. The van der Waals surface area contributed by atoms with Crippen molar-refractivity contribution < 1.29 is 0 Å². The van der Waals surface area contributed by atoms with Crippen LogP contribution in [0, 0.1) is 0 Å². The van der Waals surface area contributed by atoms with Gasteiger partial charge in [-0.1, -0.05) is 13.3 Å². The normalized spacial score (nSPS) is 10.4. The first-order valence-electron chi connectivity index (χ1n) is 4.06. The highest BCUT2D eigenvalue weighted by Gasteiger charge is 1.98. The largest absolute Gasteiger partial charge is 0.300 e. The van der Waals surface area contributed by atoms with Crippen LogP contribution in [0.3, 0.4) is 0 Å². The molecule has 0 bridgehead atoms. The number of hydrogen-bond donors (Lipinski definition) is 1. The van der Waals surface area contributed by atoms with Crippen LogP contribution in [0.15, 0.2) is 10.9 Å². The molecule has 1 heterocycles. The van der Waals surface area contributed by atoms with Gasteiger partial charge >= 0.3 is 0 Å². The van der Waals surface area contributed by atoms with Crippen LogP contribution < -0.4 is 5.56 Å². The summed E-state index contributed by atoms with van der Waals surface area (Å²) in [5, 5.41) is 3.04. The molecule has 62 valence electrons. The van der Waals surface area contributed by atoms with Gasteiger partial charge in [-0.15, -0.1) is 0 Å². The second kappa shape index (κ2) is 3.42. The Morgan fingerprint density at radius 3 is 2.73 bits per heavy atom. The van der Waals surface area contributed by atoms with Crippen LogP contribution in [0.1, 0.15) is 26.0 Å². The molecule has 1 aromatic rings. The Morgan fingerprint density at radius 1 is 1.55 bits per heavy atom. The van der Waals surface area contributed by atoms with Crippen LogP contribution in [0.4, 0.5) is 0 Å². The number of hydrogen-bond acceptors (Lipinski definition) is 1. The molecule has 0 aliphatic rings. The summed E-state index contributed by atoms with van der Waals surface area (Å²) in [5.41, 5.74) is 1.12. The Balaban J connectivity index is 2.86. The Morgan fingerprint density at radius 2 is 2.27 bits per heavy atom. The summed E-state index contributed by atoms with van der Waals surface area (Å²) in [6.45, 7) is 4.78. The summed E-state index contributed by atoms with van der Waals surface area (Å²) in [5.74, 6) is 0. The van der Waals surface area contributed by atoms with Crippen LogP contribution >= 0.6 is 0 Å². The molecule has 1 N–H and O–H groups in total. The van der Waals surface area contributed by atoms with Gasteiger partial charge in [-0.3, -0.25) is 14.6 Å². The van der Waals surface area contributed by atoms with Crippen molar-refractivity contribution in [3.8, 4) is 0 Å². The zero-order valence-electron chi connectivity index (χ0n) is 7.05. The van der Waals surface area contributed by atoms with Crippen LogP contribution in [0.2, 0.25) is 0 Å². The van der Waals surface area contributed by atoms with Crippen LogP contribution in [-0.2, 0) is 13.0 Å². The Labute approximate surface area is 66.0 Å². The summed E-state index contributed by atoms with van der Waals surface area (Å²) in [6, 6.07) is 1.67. The maximum Gasteiger partial charge on any atom is 0.266 e. The fraction of sp³-hybridized carbons (Fsp3) is 0.625. The first-order valence-corrected chi connectivity index (χ1v) is 4.06. The monoisotopic (exact) mass is 154 g/mol. The lowest BCUT2D eigenvalue weighted by Crippen LogP contribution is -2.13. The molecule has 0 fully saturated rings. The third-order valence-corrected chi connectivity index (χ3v) is 1.68. The molecule has 3 nitrogen and oxygen atoms in total. The molecule has 0 saturated carbocycles. The van der Waals surface area contributed by atoms with Crippen molar-refractivity contribution in [3.63, 3.8) is 0 Å². The van der Waals surface area contributed by atoms with Gasteiger partial charge in [0.1, 0.15) is 0 Å². The lowest BCUT2D eigenvalue weighted by atomic mass is 10.3. The van der Waals surface area contributed by atoms with E-state index in [0.717, 1.165) is 25.1 Å². The predicted molar refractivity (Wildman–Crippen MR) is 44.7 cm³/mol. The van der Waals surface area contributed by atoms with E-state index in [1.54, 1.807) is 10.7 Å². The summed E-state index contributed by atoms with van der Waals surface area (Å²) >= 11 is 0. The topological polar surface area (TPSA) is 37.8 Å². The minimum Gasteiger partial charge on any atom is -0.300 e. The van der Waals surface area contributed by atoms with Gasteiger partial charge in [0.05, 0.1) is 0 Å². The summed E-state index contributed by atoms with van der Waals surface area (Å²) in [6.07, 6.45) is 2.03. The molecule has 1 aromatic heterocycles. The van der Waals surface area contributed by atoms with Gasteiger partial charge in [0.15, 0.2) is 0 Å². The minimum atomic E-state index is 0.0796. The summed E-state index contributed by atoms with van der Waals surface area (Å²) in [7, 11) is 0. The van der Waals surface area contributed by atoms with Crippen LogP contribution in [0.25, 0.3) is 0 Å². The number of nitrogens with zero attached hydrogens (tertiary/aromatic N) is 1. The van der Waals surface area contributed by atoms with E-state index >= 15 is 0 Å². The van der Waals surface area contributed by atoms with E-state index in [-0.39, 0.29) is 5.56 Å². The second-order valence-corrected chi connectivity index (χ2v) is 2.61. The molecule has 0 unspecified atom stereocenters.